The van der Waals surface area contributed by atoms with Crippen molar-refractivity contribution in [1.29, 1.82) is 0 Å². The average molecular weight is 533 g/mol. The molecule has 2 amide bonds. The van der Waals surface area contributed by atoms with Gasteiger partial charge in [-0.2, -0.15) is 13.2 Å². The number of nitrogens with one attached hydrogen (secondary N) is 1. The van der Waals surface area contributed by atoms with E-state index in [1.807, 2.05) is 0 Å². The number of hydrogen-bond donors (Lipinski definition) is 3. The molecule has 1 heterocycles. The Balaban J connectivity index is 0.00000143. The lowest BCUT2D eigenvalue weighted by Crippen LogP contribution is -2.65. The molecule has 0 unspecified atom stereocenters. The van der Waals surface area contributed by atoms with E-state index in [0.717, 1.165) is 11.8 Å². The molecule has 15 heteroatoms. The van der Waals surface area contributed by atoms with E-state index < -0.39 is 63.2 Å². The van der Waals surface area contributed by atoms with Gasteiger partial charge in [0.2, 0.25) is 5.91 Å². The number of halogens is 3. The van der Waals surface area contributed by atoms with Crippen LogP contribution in [0.1, 0.15) is 47.5 Å². The topological polar surface area (TPSA) is 167 Å². The van der Waals surface area contributed by atoms with Crippen LogP contribution in [0.4, 0.5) is 18.0 Å². The highest BCUT2D eigenvalue weighted by atomic mass is 32.2. The molecule has 0 spiro atoms. The molecule has 0 aromatic rings. The fourth-order valence-corrected chi connectivity index (χ4v) is 4.22. The Bertz CT molecular complexity index is 929. The molecule has 0 radical (unpaired) electrons. The molecular formula is C20H31F3N2O9S. The van der Waals surface area contributed by atoms with Crippen LogP contribution in [0.5, 0.6) is 0 Å². The largest absolute Gasteiger partial charge is 0.490 e. The fourth-order valence-electron chi connectivity index (χ4n) is 3.31. The molecule has 1 saturated heterocycles. The van der Waals surface area contributed by atoms with Gasteiger partial charge >= 0.3 is 24.2 Å². The van der Waals surface area contributed by atoms with Gasteiger partial charge in [-0.3, -0.25) is 14.9 Å². The molecule has 0 aromatic heterocycles. The van der Waals surface area contributed by atoms with Crippen molar-refractivity contribution in [3.8, 4) is 0 Å². The summed E-state index contributed by atoms with van der Waals surface area (Å²) >= 11 is 0. The highest BCUT2D eigenvalue weighted by Gasteiger charge is 2.55. The third kappa shape index (κ3) is 9.47. The van der Waals surface area contributed by atoms with Crippen LogP contribution < -0.4 is 5.32 Å². The molecule has 1 aliphatic heterocycles. The summed E-state index contributed by atoms with van der Waals surface area (Å²) < 4.78 is 61.3. The first-order valence-electron chi connectivity index (χ1n) is 10.3. The summed E-state index contributed by atoms with van der Waals surface area (Å²) in [7, 11) is -3.45. The van der Waals surface area contributed by atoms with Crippen molar-refractivity contribution < 1.29 is 55.7 Å². The Morgan fingerprint density at radius 3 is 2.00 bits per heavy atom. The molecule has 1 rings (SSSR count). The van der Waals surface area contributed by atoms with Crippen LogP contribution in [0, 0.1) is 5.92 Å². The summed E-state index contributed by atoms with van der Waals surface area (Å²) in [4.78, 5) is 46.6. The molecule has 1 aliphatic rings. The highest BCUT2D eigenvalue weighted by Crippen LogP contribution is 2.38. The number of amides is 2. The number of nitrogens with zero attached hydrogens (tertiary/aromatic N) is 1. The van der Waals surface area contributed by atoms with Crippen LogP contribution in [0.25, 0.3) is 0 Å². The van der Waals surface area contributed by atoms with E-state index in [4.69, 9.17) is 14.6 Å². The number of aliphatic carboxylic acids is 2. The number of ether oxygens (including phenoxy) is 1. The zero-order chi connectivity index (χ0) is 28.0. The Morgan fingerprint density at radius 2 is 1.69 bits per heavy atom. The second-order valence-corrected chi connectivity index (χ2v) is 11.1. The minimum absolute atomic E-state index is 0.0532. The van der Waals surface area contributed by atoms with Crippen LogP contribution in [0.15, 0.2) is 12.7 Å². The number of rotatable bonds is 7. The SMILES string of the molecule is C=C[C@@H]1C[C@H](C(=O)O)N[C@]1(CCS(=O)(=O)CC)N(C(C)=O)C(=O)OC(C)(C)C.O=C(O)C(F)(F)F. The first-order valence-corrected chi connectivity index (χ1v) is 12.1. The molecule has 35 heavy (non-hydrogen) atoms. The monoisotopic (exact) mass is 532 g/mol. The maximum Gasteiger partial charge on any atom is 0.490 e. The lowest BCUT2D eigenvalue weighted by molar-refractivity contribution is -0.192. The summed E-state index contributed by atoms with van der Waals surface area (Å²) in [5, 5.41) is 19.4. The van der Waals surface area contributed by atoms with E-state index >= 15 is 0 Å². The van der Waals surface area contributed by atoms with Crippen LogP contribution >= 0.6 is 0 Å². The molecule has 202 valence electrons. The first-order chi connectivity index (χ1) is 15.6. The van der Waals surface area contributed by atoms with Crippen LogP contribution in [0.2, 0.25) is 0 Å². The Labute approximate surface area is 201 Å². The number of carbonyl (C=O) groups excluding carboxylic acids is 2. The predicted octanol–water partition coefficient (Wildman–Crippen LogP) is 2.17. The minimum Gasteiger partial charge on any atom is -0.480 e. The number of carbonyl (C=O) groups is 4. The highest BCUT2D eigenvalue weighted by molar-refractivity contribution is 7.91. The normalized spacial score (nSPS) is 22.4. The zero-order valence-electron chi connectivity index (χ0n) is 20.0. The summed E-state index contributed by atoms with van der Waals surface area (Å²) in [5.74, 6) is -5.73. The van der Waals surface area contributed by atoms with Crippen molar-refractivity contribution in [1.82, 2.24) is 10.2 Å². The molecule has 11 nitrogen and oxygen atoms in total. The molecular weight excluding hydrogens is 501 g/mol. The van der Waals surface area contributed by atoms with Gasteiger partial charge in [0.1, 0.15) is 27.1 Å². The maximum absolute atomic E-state index is 12.8. The number of sulfone groups is 1. The third-order valence-electron chi connectivity index (χ3n) is 4.88. The second kappa shape index (κ2) is 11.8. The first kappa shape index (κ1) is 32.3. The van der Waals surface area contributed by atoms with E-state index in [-0.39, 0.29) is 24.3 Å². The molecule has 0 saturated carbocycles. The lowest BCUT2D eigenvalue weighted by atomic mass is 9.89. The van der Waals surface area contributed by atoms with Gasteiger partial charge in [-0.05, 0) is 33.6 Å². The van der Waals surface area contributed by atoms with Crippen LogP contribution in [0.3, 0.4) is 0 Å². The smallest absolute Gasteiger partial charge is 0.480 e. The van der Waals surface area contributed by atoms with E-state index in [1.165, 1.54) is 13.0 Å². The van der Waals surface area contributed by atoms with E-state index in [2.05, 4.69) is 11.9 Å². The van der Waals surface area contributed by atoms with Gasteiger partial charge in [0.25, 0.3) is 0 Å². The van der Waals surface area contributed by atoms with Crippen LogP contribution in [-0.4, -0.2) is 82.5 Å². The number of hydrogen-bond acceptors (Lipinski definition) is 8. The number of carboxylic acids is 2. The van der Waals surface area contributed by atoms with Crippen molar-refractivity contribution in [3.05, 3.63) is 12.7 Å². The van der Waals surface area contributed by atoms with Gasteiger partial charge < -0.3 is 14.9 Å². The predicted molar refractivity (Wildman–Crippen MR) is 117 cm³/mol. The van der Waals surface area contributed by atoms with Crippen molar-refractivity contribution in [3.63, 3.8) is 0 Å². The van der Waals surface area contributed by atoms with Gasteiger partial charge in [0, 0.05) is 18.6 Å². The second-order valence-electron chi connectivity index (χ2n) is 8.66. The lowest BCUT2D eigenvalue weighted by Gasteiger charge is -2.43. The van der Waals surface area contributed by atoms with E-state index in [0.29, 0.717) is 0 Å². The van der Waals surface area contributed by atoms with Crippen molar-refractivity contribution in [2.45, 2.75) is 70.9 Å². The average Bonchev–Trinajstić information content (AvgIpc) is 3.04. The van der Waals surface area contributed by atoms with Gasteiger partial charge in [-0.1, -0.05) is 13.0 Å². The molecule has 3 N–H and O–H groups in total. The molecule has 0 aliphatic carbocycles. The third-order valence-corrected chi connectivity index (χ3v) is 6.58. The van der Waals surface area contributed by atoms with Gasteiger partial charge in [-0.15, -0.1) is 6.58 Å². The number of carboxylic acid groups (broad SMARTS) is 2. The minimum atomic E-state index is -5.08. The van der Waals surface area contributed by atoms with Gasteiger partial charge in [-0.25, -0.2) is 22.9 Å². The number of imide groups is 1. The summed E-state index contributed by atoms with van der Waals surface area (Å²) in [6.07, 6.45) is -4.74. The Morgan fingerprint density at radius 1 is 1.20 bits per heavy atom. The van der Waals surface area contributed by atoms with E-state index in [9.17, 15) is 41.1 Å². The zero-order valence-corrected chi connectivity index (χ0v) is 20.8. The standard InChI is InChI=1S/C18H30N2O7S.C2HF3O2/c1-7-13-11-14(15(22)23)19-18(13,9-10-28(25,26)8-2)20(12(3)21)16(24)27-17(4,5)6;3-2(4,5)1(6)7/h7,13-14,19H,1,8-11H2,2-6H3,(H,22,23);(H,6,7)/t13-,14-,18-;/m1./s1. The molecule has 0 aromatic carbocycles. The Kier molecular flexibility index (Phi) is 10.9. The van der Waals surface area contributed by atoms with E-state index in [1.54, 1.807) is 20.8 Å². The van der Waals surface area contributed by atoms with Crippen molar-refractivity contribution in [2.75, 3.05) is 11.5 Å². The Hall–Kier alpha value is -2.68. The fraction of sp³-hybridized carbons (Fsp3) is 0.700. The summed E-state index contributed by atoms with van der Waals surface area (Å²) in [6.45, 7) is 11.2. The quantitative estimate of drug-likeness (QED) is 0.413. The summed E-state index contributed by atoms with van der Waals surface area (Å²) in [5.41, 5.74) is -2.48. The summed E-state index contributed by atoms with van der Waals surface area (Å²) in [6, 6.07) is -1.07. The molecule has 3 atom stereocenters. The van der Waals surface area contributed by atoms with Crippen molar-refractivity contribution in [2.24, 2.45) is 5.92 Å². The van der Waals surface area contributed by atoms with Gasteiger partial charge in [0.05, 0.1) is 5.75 Å². The van der Waals surface area contributed by atoms with Crippen molar-refractivity contribution >= 4 is 33.8 Å². The van der Waals surface area contributed by atoms with Crippen LogP contribution in [-0.2, 0) is 29.0 Å². The molecule has 0 bridgehead atoms. The van der Waals surface area contributed by atoms with Gasteiger partial charge in [0.15, 0.2) is 0 Å². The maximum atomic E-state index is 12.8. The molecule has 1 fully saturated rings. The number of alkyl halides is 3.